The smallest absolute Gasteiger partial charge is 0.428 e. The molecule has 0 aromatic carbocycles. The van der Waals surface area contributed by atoms with Crippen LogP contribution in [-0.4, -0.2) is 67.5 Å². The highest BCUT2D eigenvalue weighted by molar-refractivity contribution is 7.91. The zero-order valence-corrected chi connectivity index (χ0v) is 19.2. The number of H-pyrrole nitrogens is 1. The number of hydrogen-bond donors (Lipinski definition) is 2. The van der Waals surface area contributed by atoms with Gasteiger partial charge < -0.3 is 10.1 Å². The monoisotopic (exact) mass is 499 g/mol. The lowest BCUT2D eigenvalue weighted by atomic mass is 9.79. The number of halogens is 3. The molecule has 2 aliphatic carbocycles. The van der Waals surface area contributed by atoms with Crippen molar-refractivity contribution in [1.82, 2.24) is 29.8 Å². The van der Waals surface area contributed by atoms with Crippen molar-refractivity contribution in [2.24, 2.45) is 0 Å². The van der Waals surface area contributed by atoms with Gasteiger partial charge in [-0.3, -0.25) is 5.10 Å². The van der Waals surface area contributed by atoms with E-state index in [9.17, 15) is 21.6 Å². The van der Waals surface area contributed by atoms with Crippen LogP contribution in [0.5, 0.6) is 5.88 Å². The summed E-state index contributed by atoms with van der Waals surface area (Å²) in [6.07, 6.45) is 3.45. The molecular formula is C20H24F3N7O3S. The Balaban J connectivity index is 1.47. The zero-order chi connectivity index (χ0) is 24.1. The second-order valence-electron chi connectivity index (χ2n) is 9.00. The predicted octanol–water partition coefficient (Wildman–Crippen LogP) is 3.15. The molecule has 3 aromatic heterocycles. The minimum absolute atomic E-state index is 0.0470. The maximum atomic E-state index is 13.9. The number of aromatic amines is 1. The fraction of sp³-hybridized carbons (Fsp3) is 0.600. The second-order valence-corrected chi connectivity index (χ2v) is 11.3. The third-order valence-corrected chi connectivity index (χ3v) is 8.37. The van der Waals surface area contributed by atoms with E-state index in [1.54, 1.807) is 0 Å². The van der Waals surface area contributed by atoms with Crippen molar-refractivity contribution in [1.29, 1.82) is 0 Å². The van der Waals surface area contributed by atoms with Gasteiger partial charge in [-0.2, -0.15) is 27.8 Å². The summed E-state index contributed by atoms with van der Waals surface area (Å²) in [6, 6.07) is -0.0470. The van der Waals surface area contributed by atoms with Crippen molar-refractivity contribution in [3.63, 3.8) is 0 Å². The van der Waals surface area contributed by atoms with Gasteiger partial charge in [-0.1, -0.05) is 0 Å². The lowest BCUT2D eigenvalue weighted by molar-refractivity contribution is -0.275. The fourth-order valence-corrected chi connectivity index (χ4v) is 5.64. The molecule has 0 bridgehead atoms. The van der Waals surface area contributed by atoms with Gasteiger partial charge in [0.15, 0.2) is 5.65 Å². The molecular weight excluding hydrogens is 475 g/mol. The summed E-state index contributed by atoms with van der Waals surface area (Å²) >= 11 is 0. The van der Waals surface area contributed by atoms with Crippen molar-refractivity contribution < 1.29 is 26.3 Å². The van der Waals surface area contributed by atoms with Crippen molar-refractivity contribution in [2.45, 2.75) is 68.0 Å². The molecule has 2 N–H and O–H groups in total. The Labute approximate surface area is 193 Å². The predicted molar refractivity (Wildman–Crippen MR) is 116 cm³/mol. The Hall–Kier alpha value is -2.90. The topological polar surface area (TPSA) is 127 Å². The molecule has 0 unspecified atom stereocenters. The van der Waals surface area contributed by atoms with E-state index in [4.69, 9.17) is 4.74 Å². The molecule has 2 saturated carbocycles. The molecule has 2 fully saturated rings. The number of alkyl halides is 3. The summed E-state index contributed by atoms with van der Waals surface area (Å²) in [5.74, 6) is 0.0609. The van der Waals surface area contributed by atoms with Gasteiger partial charge in [0.2, 0.25) is 17.4 Å². The molecule has 10 nitrogen and oxygen atoms in total. The average Bonchev–Trinajstić information content (AvgIpc) is 3.39. The standard InChI is InChI=1S/C20H24F3N7O3S/c1-34(31,32)14-5-3-13(4-6-14)27-18-28-15-11-24-16(12-9-25-26-10-12)17(30(15)29-18)33-19(7-2-8-19)20(21,22)23/h9-11,13-14H,2-8H2,1H3,(H,25,26)(H,27,29). The zero-order valence-electron chi connectivity index (χ0n) is 18.3. The van der Waals surface area contributed by atoms with Gasteiger partial charge in [0.1, 0.15) is 15.5 Å². The SMILES string of the molecule is CS(=O)(=O)C1CCC(Nc2nc3cnc(-c4cn[nH]c4)c(OC4(C(F)(F)F)CCC4)n3n2)CC1. The van der Waals surface area contributed by atoms with Gasteiger partial charge in [0.05, 0.1) is 17.6 Å². The fourth-order valence-electron chi connectivity index (χ4n) is 4.51. The van der Waals surface area contributed by atoms with Crippen LogP contribution in [0.3, 0.4) is 0 Å². The van der Waals surface area contributed by atoms with E-state index < -0.39 is 21.6 Å². The minimum atomic E-state index is -4.55. The number of rotatable bonds is 6. The van der Waals surface area contributed by atoms with E-state index in [-0.39, 0.29) is 47.3 Å². The van der Waals surface area contributed by atoms with Crippen LogP contribution in [-0.2, 0) is 9.84 Å². The number of sulfone groups is 1. The first-order valence-electron chi connectivity index (χ1n) is 11.0. The van der Waals surface area contributed by atoms with Gasteiger partial charge >= 0.3 is 6.18 Å². The highest BCUT2D eigenvalue weighted by Crippen LogP contribution is 2.49. The van der Waals surface area contributed by atoms with Gasteiger partial charge in [-0.05, 0) is 44.9 Å². The molecule has 0 atom stereocenters. The van der Waals surface area contributed by atoms with Gasteiger partial charge in [0, 0.05) is 24.1 Å². The molecule has 5 rings (SSSR count). The molecule has 0 saturated heterocycles. The average molecular weight is 500 g/mol. The Kier molecular flexibility index (Phi) is 5.45. The quantitative estimate of drug-likeness (QED) is 0.530. The van der Waals surface area contributed by atoms with E-state index in [2.05, 4.69) is 30.6 Å². The van der Waals surface area contributed by atoms with Crippen LogP contribution >= 0.6 is 0 Å². The molecule has 34 heavy (non-hydrogen) atoms. The third-order valence-electron chi connectivity index (χ3n) is 6.69. The van der Waals surface area contributed by atoms with Crippen LogP contribution in [0.25, 0.3) is 16.9 Å². The summed E-state index contributed by atoms with van der Waals surface area (Å²) in [6.45, 7) is 0. The number of aromatic nitrogens is 6. The summed E-state index contributed by atoms with van der Waals surface area (Å²) in [7, 11) is -3.09. The number of nitrogens with zero attached hydrogens (tertiary/aromatic N) is 5. The van der Waals surface area contributed by atoms with E-state index in [1.807, 2.05) is 0 Å². The van der Waals surface area contributed by atoms with Gasteiger partial charge in [0.25, 0.3) is 0 Å². The molecule has 0 radical (unpaired) electrons. The van der Waals surface area contributed by atoms with Crippen LogP contribution in [0, 0.1) is 0 Å². The highest BCUT2D eigenvalue weighted by atomic mass is 32.2. The maximum absolute atomic E-state index is 13.9. The number of nitrogens with one attached hydrogen (secondary N) is 2. The first-order valence-corrected chi connectivity index (χ1v) is 13.0. The van der Waals surface area contributed by atoms with E-state index >= 15 is 0 Å². The molecule has 3 aromatic rings. The molecule has 2 aliphatic rings. The number of fused-ring (bicyclic) bond motifs is 1. The minimum Gasteiger partial charge on any atom is -0.460 e. The van der Waals surface area contributed by atoms with E-state index in [1.165, 1.54) is 29.4 Å². The lowest BCUT2D eigenvalue weighted by Crippen LogP contribution is -2.55. The molecule has 184 valence electrons. The lowest BCUT2D eigenvalue weighted by Gasteiger charge is -2.42. The molecule has 14 heteroatoms. The molecule has 0 spiro atoms. The Morgan fingerprint density at radius 1 is 1.21 bits per heavy atom. The largest absolute Gasteiger partial charge is 0.460 e. The first-order chi connectivity index (χ1) is 16.1. The highest BCUT2D eigenvalue weighted by Gasteiger charge is 2.61. The van der Waals surface area contributed by atoms with E-state index in [0.29, 0.717) is 37.7 Å². The summed E-state index contributed by atoms with van der Waals surface area (Å²) in [5.41, 5.74) is -1.45. The van der Waals surface area contributed by atoms with Crippen LogP contribution in [0.2, 0.25) is 0 Å². The first kappa shape index (κ1) is 22.9. The second kappa shape index (κ2) is 8.10. The van der Waals surface area contributed by atoms with Crippen LogP contribution < -0.4 is 10.1 Å². The summed E-state index contributed by atoms with van der Waals surface area (Å²) in [5, 5.41) is 13.7. The van der Waals surface area contributed by atoms with Gasteiger partial charge in [-0.25, -0.2) is 13.4 Å². The number of ether oxygens (including phenoxy) is 1. The molecule has 0 aliphatic heterocycles. The van der Waals surface area contributed by atoms with Gasteiger partial charge in [-0.15, -0.1) is 5.10 Å². The van der Waals surface area contributed by atoms with Crippen molar-refractivity contribution in [2.75, 3.05) is 11.6 Å². The third kappa shape index (κ3) is 4.07. The van der Waals surface area contributed by atoms with E-state index in [0.717, 1.165) is 0 Å². The molecule has 3 heterocycles. The Bertz CT molecular complexity index is 1280. The number of hydrogen-bond acceptors (Lipinski definition) is 8. The van der Waals surface area contributed by atoms with Crippen molar-refractivity contribution in [3.8, 4) is 17.1 Å². The van der Waals surface area contributed by atoms with Crippen LogP contribution in [0.4, 0.5) is 19.1 Å². The maximum Gasteiger partial charge on any atom is 0.428 e. The Morgan fingerprint density at radius 2 is 1.94 bits per heavy atom. The van der Waals surface area contributed by atoms with Crippen LogP contribution in [0.1, 0.15) is 44.9 Å². The van der Waals surface area contributed by atoms with Crippen molar-refractivity contribution >= 4 is 21.4 Å². The summed E-state index contributed by atoms with van der Waals surface area (Å²) < 4.78 is 72.1. The van der Waals surface area contributed by atoms with Crippen molar-refractivity contribution in [3.05, 3.63) is 18.6 Å². The Morgan fingerprint density at radius 3 is 2.50 bits per heavy atom. The van der Waals surface area contributed by atoms with Crippen LogP contribution in [0.15, 0.2) is 18.6 Å². The molecule has 0 amide bonds. The summed E-state index contributed by atoms with van der Waals surface area (Å²) in [4.78, 5) is 8.67. The number of anilines is 1. The normalized spacial score (nSPS) is 22.9.